The Morgan fingerprint density at radius 3 is 2.74 bits per heavy atom. The molecule has 5 nitrogen and oxygen atoms in total. The van der Waals surface area contributed by atoms with E-state index in [1.54, 1.807) is 12.1 Å². The number of rotatable bonds is 5. The summed E-state index contributed by atoms with van der Waals surface area (Å²) < 4.78 is 11.3. The third-order valence-corrected chi connectivity index (χ3v) is 3.69. The van der Waals surface area contributed by atoms with Gasteiger partial charge >= 0.3 is 0 Å². The fourth-order valence-corrected chi connectivity index (χ4v) is 2.54. The highest BCUT2D eigenvalue weighted by molar-refractivity contribution is 7.80. The first-order valence-corrected chi connectivity index (χ1v) is 7.69. The number of carbonyl (C=O) groups excluding carboxylic acids is 1. The minimum absolute atomic E-state index is 0.143. The summed E-state index contributed by atoms with van der Waals surface area (Å²) in [6, 6.07) is 13.1. The van der Waals surface area contributed by atoms with Crippen LogP contribution in [0.5, 0.6) is 5.75 Å². The van der Waals surface area contributed by atoms with E-state index in [1.165, 1.54) is 4.90 Å². The largest absolute Gasteiger partial charge is 0.486 e. The van der Waals surface area contributed by atoms with Crippen LogP contribution in [0.1, 0.15) is 18.4 Å². The molecule has 0 saturated carbocycles. The molecule has 118 valence electrons. The van der Waals surface area contributed by atoms with Gasteiger partial charge in [-0.15, -0.1) is 0 Å². The van der Waals surface area contributed by atoms with Gasteiger partial charge in [0.1, 0.15) is 29.6 Å². The van der Waals surface area contributed by atoms with Crippen molar-refractivity contribution in [3.63, 3.8) is 0 Å². The second-order valence-electron chi connectivity index (χ2n) is 4.94. The lowest BCUT2D eigenvalue weighted by Gasteiger charge is -2.08. The molecule has 1 N–H and O–H groups in total. The molecule has 0 radical (unpaired) electrons. The normalized spacial score (nSPS) is 16.0. The number of nitrogens with zero attached hydrogens (tertiary/aromatic N) is 1. The van der Waals surface area contributed by atoms with E-state index in [-0.39, 0.29) is 5.91 Å². The zero-order chi connectivity index (χ0) is 16.2. The molecule has 1 amide bonds. The van der Waals surface area contributed by atoms with Crippen LogP contribution in [0.3, 0.4) is 0 Å². The van der Waals surface area contributed by atoms with Crippen molar-refractivity contribution in [3.8, 4) is 5.75 Å². The number of hydrogen-bond donors (Lipinski definition) is 1. The minimum atomic E-state index is -0.143. The number of carbonyl (C=O) groups is 1. The van der Waals surface area contributed by atoms with E-state index in [0.717, 1.165) is 5.75 Å². The first-order valence-electron chi connectivity index (χ1n) is 7.28. The van der Waals surface area contributed by atoms with Crippen molar-refractivity contribution < 1.29 is 13.9 Å². The molecule has 0 spiro atoms. The molecule has 0 atom stereocenters. The van der Waals surface area contributed by atoms with Crippen LogP contribution in [0.2, 0.25) is 0 Å². The highest BCUT2D eigenvalue weighted by Crippen LogP contribution is 2.18. The predicted molar refractivity (Wildman–Crippen MR) is 90.6 cm³/mol. The average Bonchev–Trinajstić information content (AvgIpc) is 3.11. The van der Waals surface area contributed by atoms with Crippen LogP contribution in [0.15, 0.2) is 52.6 Å². The van der Waals surface area contributed by atoms with Crippen molar-refractivity contribution in [2.45, 2.75) is 13.5 Å². The lowest BCUT2D eigenvalue weighted by Crippen LogP contribution is -2.30. The topological polar surface area (TPSA) is 54.7 Å². The second kappa shape index (κ2) is 6.66. The number of nitrogens with one attached hydrogen (secondary N) is 1. The van der Waals surface area contributed by atoms with Crippen molar-refractivity contribution in [2.75, 3.05) is 6.54 Å². The SMILES string of the molecule is CCN1C(=O)/C(=C\c2ccc(COc3ccccc3)o2)NC1=S. The first kappa shape index (κ1) is 15.3. The Balaban J connectivity index is 1.67. The Hall–Kier alpha value is -2.60. The fraction of sp³-hybridized carbons (Fsp3) is 0.176. The van der Waals surface area contributed by atoms with Crippen LogP contribution < -0.4 is 10.1 Å². The van der Waals surface area contributed by atoms with Crippen LogP contribution >= 0.6 is 12.2 Å². The van der Waals surface area contributed by atoms with E-state index in [1.807, 2.05) is 43.3 Å². The molecule has 1 aromatic carbocycles. The quantitative estimate of drug-likeness (QED) is 0.675. The van der Waals surface area contributed by atoms with Gasteiger partial charge in [-0.1, -0.05) is 18.2 Å². The summed E-state index contributed by atoms with van der Waals surface area (Å²) in [6.45, 7) is 2.74. The number of furan rings is 1. The molecule has 1 aliphatic rings. The van der Waals surface area contributed by atoms with Crippen LogP contribution in [0, 0.1) is 0 Å². The zero-order valence-corrected chi connectivity index (χ0v) is 13.4. The number of thiocarbonyl (C=S) groups is 1. The lowest BCUT2D eigenvalue weighted by atomic mass is 10.3. The van der Waals surface area contributed by atoms with Crippen molar-refractivity contribution in [2.24, 2.45) is 0 Å². The Morgan fingerprint density at radius 2 is 2.04 bits per heavy atom. The molecule has 1 fully saturated rings. The number of likely N-dealkylation sites (N-methyl/N-ethyl adjacent to an activating group) is 1. The third kappa shape index (κ3) is 3.43. The van der Waals surface area contributed by atoms with Crippen molar-refractivity contribution in [1.29, 1.82) is 0 Å². The van der Waals surface area contributed by atoms with Crippen molar-refractivity contribution in [3.05, 3.63) is 59.7 Å². The van der Waals surface area contributed by atoms with Crippen molar-refractivity contribution >= 4 is 29.3 Å². The Morgan fingerprint density at radius 1 is 1.26 bits per heavy atom. The lowest BCUT2D eigenvalue weighted by molar-refractivity contribution is -0.122. The highest BCUT2D eigenvalue weighted by atomic mass is 32.1. The number of ether oxygens (including phenoxy) is 1. The van der Waals surface area contributed by atoms with Crippen LogP contribution in [-0.2, 0) is 11.4 Å². The Kier molecular flexibility index (Phi) is 4.43. The average molecular weight is 328 g/mol. The van der Waals surface area contributed by atoms with Crippen molar-refractivity contribution in [1.82, 2.24) is 10.2 Å². The molecule has 1 saturated heterocycles. The number of hydrogen-bond acceptors (Lipinski definition) is 4. The summed E-state index contributed by atoms with van der Waals surface area (Å²) in [5.41, 5.74) is 0.418. The Bertz CT molecular complexity index is 752. The van der Waals surface area contributed by atoms with Gasteiger partial charge in [-0.2, -0.15) is 0 Å². The molecule has 2 aromatic rings. The molecule has 2 heterocycles. The second-order valence-corrected chi connectivity index (χ2v) is 5.33. The molecule has 1 aromatic heterocycles. The summed E-state index contributed by atoms with van der Waals surface area (Å²) in [5.74, 6) is 1.89. The third-order valence-electron chi connectivity index (χ3n) is 3.37. The maximum Gasteiger partial charge on any atom is 0.276 e. The Labute approximate surface area is 139 Å². The van der Waals surface area contributed by atoms with E-state index in [2.05, 4.69) is 5.32 Å². The highest BCUT2D eigenvalue weighted by Gasteiger charge is 2.29. The molecular weight excluding hydrogens is 312 g/mol. The first-order chi connectivity index (χ1) is 11.2. The maximum absolute atomic E-state index is 12.1. The summed E-state index contributed by atoms with van der Waals surface area (Å²) in [7, 11) is 0. The van der Waals surface area contributed by atoms with Gasteiger partial charge in [0.2, 0.25) is 0 Å². The summed E-state index contributed by atoms with van der Waals surface area (Å²) >= 11 is 5.11. The molecule has 6 heteroatoms. The molecule has 1 aliphatic heterocycles. The van der Waals surface area contributed by atoms with Crippen LogP contribution in [0.4, 0.5) is 0 Å². The molecule has 0 bridgehead atoms. The van der Waals surface area contributed by atoms with Gasteiger partial charge in [0.15, 0.2) is 5.11 Å². The molecule has 3 rings (SSSR count). The van der Waals surface area contributed by atoms with Crippen LogP contribution in [-0.4, -0.2) is 22.5 Å². The molecule has 0 unspecified atom stereocenters. The van der Waals surface area contributed by atoms with Gasteiger partial charge in [0, 0.05) is 12.6 Å². The molecular formula is C17H16N2O3S. The molecule has 0 aliphatic carbocycles. The van der Waals surface area contributed by atoms with E-state index in [9.17, 15) is 4.79 Å². The maximum atomic E-state index is 12.1. The van der Waals surface area contributed by atoms with E-state index >= 15 is 0 Å². The van der Waals surface area contributed by atoms with Gasteiger partial charge in [0.05, 0.1) is 0 Å². The number of amides is 1. The van der Waals surface area contributed by atoms with Gasteiger partial charge in [-0.05, 0) is 43.4 Å². The number of para-hydroxylation sites is 1. The minimum Gasteiger partial charge on any atom is -0.486 e. The van der Waals surface area contributed by atoms with E-state index in [0.29, 0.717) is 35.5 Å². The molecule has 23 heavy (non-hydrogen) atoms. The zero-order valence-electron chi connectivity index (χ0n) is 12.6. The predicted octanol–water partition coefficient (Wildman–Crippen LogP) is 2.94. The summed E-state index contributed by atoms with van der Waals surface area (Å²) in [5, 5.41) is 3.32. The fourth-order valence-electron chi connectivity index (χ4n) is 2.22. The monoisotopic (exact) mass is 328 g/mol. The summed E-state index contributed by atoms with van der Waals surface area (Å²) in [4.78, 5) is 13.6. The van der Waals surface area contributed by atoms with Gasteiger partial charge < -0.3 is 14.5 Å². The van der Waals surface area contributed by atoms with Gasteiger partial charge in [-0.25, -0.2) is 0 Å². The van der Waals surface area contributed by atoms with E-state index in [4.69, 9.17) is 21.4 Å². The van der Waals surface area contributed by atoms with Gasteiger partial charge in [-0.3, -0.25) is 9.69 Å². The smallest absolute Gasteiger partial charge is 0.276 e. The number of benzene rings is 1. The standard InChI is InChI=1S/C17H16N2O3S/c1-2-19-16(20)15(18-17(19)23)10-13-8-9-14(22-13)11-21-12-6-4-3-5-7-12/h3-10H,2,11H2,1H3,(H,18,23)/b15-10+. The van der Waals surface area contributed by atoms with Crippen LogP contribution in [0.25, 0.3) is 6.08 Å². The van der Waals surface area contributed by atoms with E-state index < -0.39 is 0 Å². The van der Waals surface area contributed by atoms with Gasteiger partial charge in [0.25, 0.3) is 5.91 Å². The summed E-state index contributed by atoms with van der Waals surface area (Å²) in [6.07, 6.45) is 1.65.